The lowest BCUT2D eigenvalue weighted by molar-refractivity contribution is -0.143. The number of fused-ring (bicyclic) bond motifs is 1. The van der Waals surface area contributed by atoms with Gasteiger partial charge in [0.1, 0.15) is 18.1 Å². The van der Waals surface area contributed by atoms with Gasteiger partial charge in [-0.2, -0.15) is 0 Å². The summed E-state index contributed by atoms with van der Waals surface area (Å²) in [5.41, 5.74) is 17.5. The van der Waals surface area contributed by atoms with Crippen LogP contribution in [0.5, 0.6) is 0 Å². The average molecular weight is 547 g/mol. The molecule has 212 valence electrons. The number of aliphatic imine (C=N–C) groups is 1. The molecule has 0 fully saturated rings. The third-order valence-corrected chi connectivity index (χ3v) is 5.72. The van der Waals surface area contributed by atoms with Crippen molar-refractivity contribution in [3.8, 4) is 0 Å². The van der Waals surface area contributed by atoms with Gasteiger partial charge in [-0.15, -0.1) is 0 Å². The molecule has 15 nitrogen and oxygen atoms in total. The lowest BCUT2D eigenvalue weighted by Gasteiger charge is -2.24. The Morgan fingerprint density at radius 2 is 1.56 bits per heavy atom. The van der Waals surface area contributed by atoms with Gasteiger partial charge in [-0.05, 0) is 31.4 Å². The van der Waals surface area contributed by atoms with Crippen LogP contribution in [0.3, 0.4) is 0 Å². The fourth-order valence-electron chi connectivity index (χ4n) is 3.72. The lowest BCUT2D eigenvalue weighted by Crippen LogP contribution is -2.57. The Kier molecular flexibility index (Phi) is 11.2. The van der Waals surface area contributed by atoms with E-state index in [2.05, 4.69) is 25.9 Å². The average Bonchev–Trinajstić information content (AvgIpc) is 3.27. The van der Waals surface area contributed by atoms with E-state index in [4.69, 9.17) is 17.2 Å². The smallest absolute Gasteiger partial charge is 0.326 e. The minimum Gasteiger partial charge on any atom is -0.481 e. The molecular weight excluding hydrogens is 512 g/mol. The molecule has 1 aromatic heterocycles. The Balaban J connectivity index is 2.18. The maximum atomic E-state index is 13.0. The first-order valence-corrected chi connectivity index (χ1v) is 12.1. The number of carbonyl (C=O) groups excluding carboxylic acids is 3. The van der Waals surface area contributed by atoms with Gasteiger partial charge < -0.3 is 48.3 Å². The van der Waals surface area contributed by atoms with Crippen molar-refractivity contribution in [3.63, 3.8) is 0 Å². The second-order valence-corrected chi connectivity index (χ2v) is 8.92. The van der Waals surface area contributed by atoms with Crippen LogP contribution in [0.25, 0.3) is 10.9 Å². The molecule has 0 aliphatic carbocycles. The van der Waals surface area contributed by atoms with Crippen LogP contribution in [-0.2, 0) is 30.4 Å². The van der Waals surface area contributed by atoms with Crippen molar-refractivity contribution >= 4 is 46.5 Å². The van der Waals surface area contributed by atoms with Crippen LogP contribution in [0, 0.1) is 0 Å². The lowest BCUT2D eigenvalue weighted by atomic mass is 10.0. The molecule has 15 heteroatoms. The molecule has 12 N–H and O–H groups in total. The summed E-state index contributed by atoms with van der Waals surface area (Å²) in [5.74, 6) is -5.46. The Bertz CT molecular complexity index is 1220. The molecule has 2 rings (SSSR count). The molecule has 1 heterocycles. The minimum absolute atomic E-state index is 0.0425. The Hall–Kier alpha value is -4.66. The van der Waals surface area contributed by atoms with E-state index >= 15 is 0 Å². The molecule has 0 saturated carbocycles. The number of amides is 3. The number of guanidine groups is 1. The molecule has 0 radical (unpaired) electrons. The van der Waals surface area contributed by atoms with Crippen molar-refractivity contribution < 1.29 is 34.2 Å². The molecule has 0 saturated heterocycles. The van der Waals surface area contributed by atoms with Crippen molar-refractivity contribution in [1.82, 2.24) is 20.9 Å². The molecule has 2 aromatic rings. The number of carbonyl (C=O) groups is 5. The summed E-state index contributed by atoms with van der Waals surface area (Å²) in [6, 6.07) is 2.00. The molecule has 4 unspecified atom stereocenters. The normalized spacial score (nSPS) is 13.9. The van der Waals surface area contributed by atoms with Gasteiger partial charge in [0.05, 0.1) is 12.5 Å². The summed E-state index contributed by atoms with van der Waals surface area (Å²) in [6.45, 7) is 1.55. The highest BCUT2D eigenvalue weighted by molar-refractivity contribution is 5.95. The monoisotopic (exact) mass is 546 g/mol. The number of nitrogens with two attached hydrogens (primary N) is 3. The number of para-hydroxylation sites is 1. The van der Waals surface area contributed by atoms with E-state index in [1.54, 1.807) is 18.3 Å². The number of aromatic nitrogens is 1. The third kappa shape index (κ3) is 9.62. The first kappa shape index (κ1) is 30.6. The number of aliphatic carboxylic acids is 2. The largest absolute Gasteiger partial charge is 0.481 e. The molecule has 4 atom stereocenters. The number of benzene rings is 1. The second-order valence-electron chi connectivity index (χ2n) is 8.92. The quantitative estimate of drug-likeness (QED) is 0.0681. The molecule has 3 amide bonds. The van der Waals surface area contributed by atoms with E-state index in [0.29, 0.717) is 5.56 Å². The standard InChI is InChI=1S/C24H34N8O7/c1-12(25)20(35)30-16(7-4-8-28-24(26)27)21(36)31-17(10-19(33)34)22(37)32-18(23(38)39)9-13-11-29-15-6-3-2-5-14(13)15/h2-3,5-6,11-12,16-18,29H,4,7-10,25H2,1H3,(H,30,35)(H,31,36)(H,32,37)(H,33,34)(H,38,39)(H4,26,27,28). The van der Waals surface area contributed by atoms with Crippen molar-refractivity contribution in [1.29, 1.82) is 0 Å². The van der Waals surface area contributed by atoms with Crippen molar-refractivity contribution in [2.75, 3.05) is 6.54 Å². The topological polar surface area (TPSA) is 268 Å². The highest BCUT2D eigenvalue weighted by Gasteiger charge is 2.31. The SMILES string of the molecule is CC(N)C(=O)NC(CCCN=C(N)N)C(=O)NC(CC(=O)O)C(=O)NC(Cc1c[nH]c2ccccc12)C(=O)O. The van der Waals surface area contributed by atoms with Gasteiger partial charge in [0.25, 0.3) is 0 Å². The van der Waals surface area contributed by atoms with Crippen LogP contribution in [-0.4, -0.2) is 81.5 Å². The van der Waals surface area contributed by atoms with Crippen molar-refractivity contribution in [2.45, 2.75) is 56.8 Å². The van der Waals surface area contributed by atoms with Crippen molar-refractivity contribution in [2.24, 2.45) is 22.2 Å². The number of carboxylic acids is 2. The molecule has 0 bridgehead atoms. The number of hydrogen-bond donors (Lipinski definition) is 9. The first-order valence-electron chi connectivity index (χ1n) is 12.1. The van der Waals surface area contributed by atoms with E-state index in [9.17, 15) is 34.2 Å². The molecule has 39 heavy (non-hydrogen) atoms. The van der Waals surface area contributed by atoms with Crippen LogP contribution in [0.4, 0.5) is 0 Å². The number of carboxylic acid groups (broad SMARTS) is 2. The number of H-pyrrole nitrogens is 1. The van der Waals surface area contributed by atoms with Gasteiger partial charge in [0, 0.05) is 30.1 Å². The van der Waals surface area contributed by atoms with Crippen molar-refractivity contribution in [3.05, 3.63) is 36.0 Å². The number of hydrogen-bond acceptors (Lipinski definition) is 7. The summed E-state index contributed by atoms with van der Waals surface area (Å²) < 4.78 is 0. The zero-order valence-corrected chi connectivity index (χ0v) is 21.3. The number of nitrogens with one attached hydrogen (secondary N) is 4. The van der Waals surface area contributed by atoms with Crippen LogP contribution >= 0.6 is 0 Å². The Labute approximate surface area is 223 Å². The molecule has 1 aromatic carbocycles. The second kappa shape index (κ2) is 14.3. The van der Waals surface area contributed by atoms with E-state index in [0.717, 1.165) is 10.9 Å². The number of nitrogens with zero attached hydrogens (tertiary/aromatic N) is 1. The Morgan fingerprint density at radius 3 is 2.18 bits per heavy atom. The molecule has 0 aliphatic rings. The van der Waals surface area contributed by atoms with E-state index in [1.165, 1.54) is 6.92 Å². The maximum Gasteiger partial charge on any atom is 0.326 e. The maximum absolute atomic E-state index is 13.0. The fourth-order valence-corrected chi connectivity index (χ4v) is 3.72. The summed E-state index contributed by atoms with van der Waals surface area (Å²) >= 11 is 0. The van der Waals surface area contributed by atoms with Gasteiger partial charge in [-0.1, -0.05) is 18.2 Å². The van der Waals surface area contributed by atoms with Gasteiger partial charge in [-0.25, -0.2) is 4.79 Å². The highest BCUT2D eigenvalue weighted by Crippen LogP contribution is 2.19. The molecule has 0 spiro atoms. The summed E-state index contributed by atoms with van der Waals surface area (Å²) in [7, 11) is 0. The predicted octanol–water partition coefficient (Wildman–Crippen LogP) is -1.88. The van der Waals surface area contributed by atoms with Crippen LogP contribution in [0.2, 0.25) is 0 Å². The van der Waals surface area contributed by atoms with Crippen LogP contribution in [0.1, 0.15) is 31.7 Å². The summed E-state index contributed by atoms with van der Waals surface area (Å²) in [4.78, 5) is 68.3. The number of aromatic amines is 1. The predicted molar refractivity (Wildman–Crippen MR) is 141 cm³/mol. The zero-order valence-electron chi connectivity index (χ0n) is 21.3. The fraction of sp³-hybridized carbons (Fsp3) is 0.417. The number of rotatable bonds is 15. The van der Waals surface area contributed by atoms with Gasteiger partial charge >= 0.3 is 11.9 Å². The van der Waals surface area contributed by atoms with E-state index < -0.39 is 60.2 Å². The van der Waals surface area contributed by atoms with E-state index in [-0.39, 0.29) is 31.8 Å². The van der Waals surface area contributed by atoms with Gasteiger partial charge in [0.2, 0.25) is 17.7 Å². The van der Waals surface area contributed by atoms with Gasteiger partial charge in [0.15, 0.2) is 5.96 Å². The summed E-state index contributed by atoms with van der Waals surface area (Å²) in [6.07, 6.45) is 0.991. The van der Waals surface area contributed by atoms with E-state index in [1.807, 2.05) is 12.1 Å². The highest BCUT2D eigenvalue weighted by atomic mass is 16.4. The zero-order chi connectivity index (χ0) is 29.1. The van der Waals surface area contributed by atoms with Gasteiger partial charge in [-0.3, -0.25) is 24.2 Å². The minimum atomic E-state index is -1.63. The van der Waals surface area contributed by atoms with Crippen LogP contribution in [0.15, 0.2) is 35.5 Å². The third-order valence-electron chi connectivity index (χ3n) is 5.72. The summed E-state index contributed by atoms with van der Waals surface area (Å²) in [5, 5.41) is 26.9. The molecule has 0 aliphatic heterocycles. The first-order chi connectivity index (χ1) is 18.4. The molecular formula is C24H34N8O7. The Morgan fingerprint density at radius 1 is 0.949 bits per heavy atom. The van der Waals surface area contributed by atoms with Crippen LogP contribution < -0.4 is 33.2 Å².